The highest BCUT2D eigenvalue weighted by Crippen LogP contribution is 2.30. The molecule has 0 aliphatic heterocycles. The molecule has 2 aromatic rings. The van der Waals surface area contributed by atoms with Gasteiger partial charge in [-0.3, -0.25) is 4.79 Å². The van der Waals surface area contributed by atoms with Crippen LogP contribution in [0.2, 0.25) is 0 Å². The molecule has 1 aromatic carbocycles. The van der Waals surface area contributed by atoms with Gasteiger partial charge in [-0.05, 0) is 24.5 Å². The van der Waals surface area contributed by atoms with Gasteiger partial charge in [-0.2, -0.15) is 18.2 Å². The number of carbonyl (C=O) groups excluding carboxylic acids is 1. The van der Waals surface area contributed by atoms with Crippen molar-refractivity contribution in [3.8, 4) is 0 Å². The van der Waals surface area contributed by atoms with Crippen LogP contribution in [0.1, 0.15) is 11.1 Å². The Bertz CT molecular complexity index is 860. The van der Waals surface area contributed by atoms with Crippen molar-refractivity contribution < 1.29 is 23.2 Å². The first kappa shape index (κ1) is 20.3. The zero-order valence-electron chi connectivity index (χ0n) is 13.9. The Hall–Kier alpha value is -3.02. The van der Waals surface area contributed by atoms with Crippen molar-refractivity contribution in [2.45, 2.75) is 11.2 Å². The van der Waals surface area contributed by atoms with Gasteiger partial charge in [-0.1, -0.05) is 11.2 Å². The molecule has 5 N–H and O–H groups in total. The summed E-state index contributed by atoms with van der Waals surface area (Å²) in [5.74, 6) is -0.525. The molecule has 0 atom stereocenters. The van der Waals surface area contributed by atoms with Crippen molar-refractivity contribution >= 4 is 41.3 Å². The van der Waals surface area contributed by atoms with Crippen LogP contribution in [0.4, 0.5) is 30.6 Å². The van der Waals surface area contributed by atoms with Crippen molar-refractivity contribution in [3.63, 3.8) is 0 Å². The van der Waals surface area contributed by atoms with Gasteiger partial charge >= 0.3 is 6.18 Å². The Morgan fingerprint density at radius 1 is 1.41 bits per heavy atom. The van der Waals surface area contributed by atoms with Gasteiger partial charge in [0.25, 0.3) is 0 Å². The second-order valence-electron chi connectivity index (χ2n) is 5.08. The first-order valence-corrected chi connectivity index (χ1v) is 8.57. The topological polar surface area (TPSA) is 126 Å². The fourth-order valence-electron chi connectivity index (χ4n) is 2.07. The molecule has 12 heteroatoms. The largest absolute Gasteiger partial charge is 0.416 e. The second kappa shape index (κ2) is 8.58. The minimum absolute atomic E-state index is 0.000716. The van der Waals surface area contributed by atoms with Gasteiger partial charge in [0.2, 0.25) is 11.9 Å². The SMILES string of the molecule is CSc1nc(N)nc(NCC(=O)Nc2cccc(C(F)(F)F)c2)c1/C=N/O. The number of hydrogen-bond donors (Lipinski definition) is 4. The van der Waals surface area contributed by atoms with Gasteiger partial charge in [0.15, 0.2) is 0 Å². The molecule has 144 valence electrons. The number of halogens is 3. The lowest BCUT2D eigenvalue weighted by Gasteiger charge is -2.12. The maximum absolute atomic E-state index is 12.7. The summed E-state index contributed by atoms with van der Waals surface area (Å²) in [6, 6.07) is 4.27. The van der Waals surface area contributed by atoms with Crippen molar-refractivity contribution in [1.82, 2.24) is 9.97 Å². The molecular weight excluding hydrogens is 385 g/mol. The minimum Gasteiger partial charge on any atom is -0.411 e. The number of hydrogen-bond acceptors (Lipinski definition) is 8. The predicted octanol–water partition coefficient (Wildman–Crippen LogP) is 2.66. The van der Waals surface area contributed by atoms with Gasteiger partial charge in [0.05, 0.1) is 23.9 Å². The van der Waals surface area contributed by atoms with Crippen molar-refractivity contribution in [1.29, 1.82) is 0 Å². The van der Waals surface area contributed by atoms with E-state index in [9.17, 15) is 18.0 Å². The number of amides is 1. The van der Waals surface area contributed by atoms with E-state index in [0.29, 0.717) is 10.6 Å². The Labute approximate surface area is 156 Å². The summed E-state index contributed by atoms with van der Waals surface area (Å²) in [5, 5.41) is 17.2. The van der Waals surface area contributed by atoms with Crippen molar-refractivity contribution in [3.05, 3.63) is 35.4 Å². The zero-order valence-corrected chi connectivity index (χ0v) is 14.7. The summed E-state index contributed by atoms with van der Waals surface area (Å²) in [7, 11) is 0. The van der Waals surface area contributed by atoms with E-state index in [1.54, 1.807) is 6.26 Å². The lowest BCUT2D eigenvalue weighted by Crippen LogP contribution is -2.23. The average Bonchev–Trinajstić information content (AvgIpc) is 2.61. The van der Waals surface area contributed by atoms with Crippen molar-refractivity contribution in [2.24, 2.45) is 5.16 Å². The maximum Gasteiger partial charge on any atom is 0.416 e. The molecule has 0 bridgehead atoms. The van der Waals surface area contributed by atoms with Crippen LogP contribution in [0, 0.1) is 0 Å². The minimum atomic E-state index is -4.51. The van der Waals surface area contributed by atoms with Gasteiger partial charge in [0.1, 0.15) is 10.8 Å². The molecule has 0 fully saturated rings. The first-order chi connectivity index (χ1) is 12.7. The van der Waals surface area contributed by atoms with E-state index in [1.165, 1.54) is 23.9 Å². The molecule has 0 radical (unpaired) electrons. The van der Waals surface area contributed by atoms with E-state index in [2.05, 4.69) is 25.8 Å². The molecule has 0 saturated heterocycles. The molecule has 0 saturated carbocycles. The molecule has 8 nitrogen and oxygen atoms in total. The molecule has 1 heterocycles. The Morgan fingerprint density at radius 2 is 2.15 bits per heavy atom. The van der Waals surface area contributed by atoms with Crippen LogP contribution in [0.3, 0.4) is 0 Å². The number of aromatic nitrogens is 2. The number of rotatable bonds is 6. The number of alkyl halides is 3. The van der Waals surface area contributed by atoms with Gasteiger partial charge in [0, 0.05) is 5.69 Å². The van der Waals surface area contributed by atoms with Crippen LogP contribution in [-0.2, 0) is 11.0 Å². The van der Waals surface area contributed by atoms with Crippen LogP contribution in [0.25, 0.3) is 0 Å². The highest BCUT2D eigenvalue weighted by Gasteiger charge is 2.30. The standard InChI is InChI=1S/C15H15F3N6O2S/c1-27-13-10(6-21-26)12(23-14(19)24-13)20-7-11(25)22-9-4-2-3-8(5-9)15(16,17)18/h2-6,26H,7H2,1H3,(H,22,25)(H3,19,20,23,24)/b21-6+. The van der Waals surface area contributed by atoms with Crippen LogP contribution in [0.15, 0.2) is 34.4 Å². The molecule has 2 rings (SSSR count). The summed E-state index contributed by atoms with van der Waals surface area (Å²) < 4.78 is 38.1. The Morgan fingerprint density at radius 3 is 2.78 bits per heavy atom. The third-order valence-corrected chi connectivity index (χ3v) is 3.90. The van der Waals surface area contributed by atoms with E-state index < -0.39 is 17.6 Å². The summed E-state index contributed by atoms with van der Waals surface area (Å²) in [5.41, 5.74) is 5.04. The summed E-state index contributed by atoms with van der Waals surface area (Å²) in [6.45, 7) is -0.313. The monoisotopic (exact) mass is 400 g/mol. The number of nitrogens with two attached hydrogens (primary N) is 1. The third kappa shape index (κ3) is 5.48. The summed E-state index contributed by atoms with van der Waals surface area (Å²) in [4.78, 5) is 20.0. The average molecular weight is 400 g/mol. The van der Waals surface area contributed by atoms with E-state index in [1.807, 2.05) is 0 Å². The fraction of sp³-hybridized carbons (Fsp3) is 0.200. The number of oxime groups is 1. The van der Waals surface area contributed by atoms with Crippen LogP contribution in [-0.4, -0.2) is 40.1 Å². The number of nitrogens with one attached hydrogen (secondary N) is 2. The first-order valence-electron chi connectivity index (χ1n) is 7.34. The Balaban J connectivity index is 2.11. The van der Waals surface area contributed by atoms with E-state index >= 15 is 0 Å². The molecule has 0 unspecified atom stereocenters. The van der Waals surface area contributed by atoms with E-state index in [4.69, 9.17) is 10.9 Å². The molecule has 0 aliphatic carbocycles. The highest BCUT2D eigenvalue weighted by molar-refractivity contribution is 7.98. The van der Waals surface area contributed by atoms with E-state index in [-0.39, 0.29) is 24.0 Å². The number of nitrogens with zero attached hydrogens (tertiary/aromatic N) is 3. The lowest BCUT2D eigenvalue weighted by atomic mass is 10.2. The van der Waals surface area contributed by atoms with Crippen LogP contribution < -0.4 is 16.4 Å². The zero-order chi connectivity index (χ0) is 20.0. The molecule has 0 aliphatic rings. The number of carbonyl (C=O) groups is 1. The molecular formula is C15H15F3N6O2S. The number of nitrogen functional groups attached to an aromatic ring is 1. The predicted molar refractivity (Wildman–Crippen MR) is 96.2 cm³/mol. The second-order valence-corrected chi connectivity index (χ2v) is 5.87. The van der Waals surface area contributed by atoms with Crippen LogP contribution in [0.5, 0.6) is 0 Å². The Kier molecular flexibility index (Phi) is 6.45. The normalized spacial score (nSPS) is 11.6. The smallest absolute Gasteiger partial charge is 0.411 e. The lowest BCUT2D eigenvalue weighted by molar-refractivity contribution is -0.137. The van der Waals surface area contributed by atoms with Gasteiger partial charge in [-0.25, -0.2) is 4.98 Å². The van der Waals surface area contributed by atoms with Gasteiger partial charge < -0.3 is 21.6 Å². The quantitative estimate of drug-likeness (QED) is 0.193. The highest BCUT2D eigenvalue weighted by atomic mass is 32.2. The van der Waals surface area contributed by atoms with E-state index in [0.717, 1.165) is 18.3 Å². The molecule has 0 spiro atoms. The summed E-state index contributed by atoms with van der Waals surface area (Å²) in [6.07, 6.45) is -1.71. The fourth-order valence-corrected chi connectivity index (χ4v) is 2.63. The number of anilines is 3. The maximum atomic E-state index is 12.7. The van der Waals surface area contributed by atoms with Crippen molar-refractivity contribution in [2.75, 3.05) is 29.2 Å². The summed E-state index contributed by atoms with van der Waals surface area (Å²) >= 11 is 1.22. The molecule has 1 aromatic heterocycles. The molecule has 27 heavy (non-hydrogen) atoms. The number of benzene rings is 1. The number of thioether (sulfide) groups is 1. The molecule has 1 amide bonds. The van der Waals surface area contributed by atoms with Crippen LogP contribution >= 0.6 is 11.8 Å². The third-order valence-electron chi connectivity index (χ3n) is 3.20. The van der Waals surface area contributed by atoms with Gasteiger partial charge in [-0.15, -0.1) is 11.8 Å².